The van der Waals surface area contributed by atoms with Crippen LogP contribution in [-0.2, 0) is 36.6 Å². The van der Waals surface area contributed by atoms with Gasteiger partial charge in [0.15, 0.2) is 0 Å². The van der Waals surface area contributed by atoms with Crippen LogP contribution in [0.3, 0.4) is 0 Å². The second-order valence-corrected chi connectivity index (χ2v) is 17.2. The van der Waals surface area contributed by atoms with E-state index in [4.69, 9.17) is 21.2 Å². The van der Waals surface area contributed by atoms with Gasteiger partial charge in [-0.15, -0.1) is 0 Å². The number of likely N-dealkylation sites (tertiary alicyclic amines) is 2. The lowest BCUT2D eigenvalue weighted by Crippen LogP contribution is -2.67. The number of benzene rings is 1. The molecule has 7 N–H and O–H groups in total. The van der Waals surface area contributed by atoms with Crippen LogP contribution in [-0.4, -0.2) is 119 Å². The summed E-state index contributed by atoms with van der Waals surface area (Å²) >= 11 is 0. The van der Waals surface area contributed by atoms with E-state index in [0.29, 0.717) is 12.2 Å². The minimum Gasteiger partial charge on any atom is -0.378 e. The Kier molecular flexibility index (Phi) is 12.1. The lowest BCUT2D eigenvalue weighted by atomic mass is 9.70. The van der Waals surface area contributed by atoms with E-state index < -0.39 is 70.4 Å². The van der Waals surface area contributed by atoms with Crippen LogP contribution in [0, 0.1) is 22.2 Å². The minimum absolute atomic E-state index is 0.0253. The molecule has 6 aliphatic rings. The minimum atomic E-state index is -4.75. The SMILES string of the molecule is C[C@@H](OCC12CCC(CC1)OC2)C(NC(=O)C1CN(C(=O)c2cnn(Cc3ccc(C(F)(F)F)cc3)c2)CC12CN(C(=O)C1(C(F)(F)F)CC1)C2)C(=O)NCC/C(=N/N)NN. The summed E-state index contributed by atoms with van der Waals surface area (Å²) in [5.74, 6) is 6.96. The summed E-state index contributed by atoms with van der Waals surface area (Å²) in [5, 5.41) is 13.3. The number of hydrogen-bond donors (Lipinski definition) is 5. The molecule has 6 fully saturated rings. The molecule has 16 nitrogen and oxygen atoms in total. The van der Waals surface area contributed by atoms with Crippen LogP contribution in [0.2, 0.25) is 0 Å². The molecule has 61 heavy (non-hydrogen) atoms. The number of halogens is 6. The first-order valence-electron chi connectivity index (χ1n) is 20.2. The summed E-state index contributed by atoms with van der Waals surface area (Å²) in [6, 6.07) is 3.20. The molecule has 4 aliphatic heterocycles. The van der Waals surface area contributed by atoms with E-state index in [-0.39, 0.29) is 88.1 Å². The zero-order valence-electron chi connectivity index (χ0n) is 33.5. The predicted molar refractivity (Wildman–Crippen MR) is 203 cm³/mol. The third-order valence-corrected chi connectivity index (χ3v) is 13.1. The number of carbonyl (C=O) groups excluding carboxylic acids is 4. The Balaban J connectivity index is 1.09. The summed E-state index contributed by atoms with van der Waals surface area (Å²) in [5.41, 5.74) is -1.80. The third kappa shape index (κ3) is 9.02. The zero-order chi connectivity index (χ0) is 44.0. The number of fused-ring (bicyclic) bond motifs is 3. The van der Waals surface area contributed by atoms with Crippen molar-refractivity contribution in [3.05, 3.63) is 53.3 Å². The molecule has 2 saturated carbocycles. The van der Waals surface area contributed by atoms with Crippen molar-refractivity contribution in [2.45, 2.75) is 89.0 Å². The van der Waals surface area contributed by atoms with Gasteiger partial charge in [-0.1, -0.05) is 12.1 Å². The number of nitrogens with two attached hydrogens (primary N) is 2. The lowest BCUT2D eigenvalue weighted by Gasteiger charge is -2.51. The molecular weight excluding hydrogens is 818 g/mol. The van der Waals surface area contributed by atoms with E-state index in [1.165, 1.54) is 34.1 Å². The maximum Gasteiger partial charge on any atom is 0.416 e. The molecule has 4 amide bonds. The van der Waals surface area contributed by atoms with Gasteiger partial charge in [-0.2, -0.15) is 36.5 Å². The molecule has 334 valence electrons. The first-order valence-corrected chi connectivity index (χ1v) is 20.2. The molecule has 22 heteroatoms. The van der Waals surface area contributed by atoms with Gasteiger partial charge >= 0.3 is 12.4 Å². The number of aromatic nitrogens is 2. The number of amidine groups is 1. The number of nitrogens with one attached hydrogen (secondary N) is 3. The standard InChI is InChI=1S/C39H50F6N10O6/c1-23(60-21-35-9-6-27(7-10-35)61-22-35)30(32(57)48-13-8-29(51-46)52-47)50-31(56)28-17-53(18-36(28)19-54(20-36)34(59)37(11-12-37)39(43,44)45)33(58)25-14-49-55(16-25)15-24-2-4-26(5-3-24)38(40,41)42/h2-5,14,16,23,27-28,30H,6-13,15,17-22,46-47H2,1H3,(H,48,57)(H,50,56)(H,51,52)/t23-,27?,28?,30?,35?/m1/s1. The molecule has 0 radical (unpaired) electrons. The number of rotatable bonds is 14. The Bertz CT molecular complexity index is 1980. The van der Waals surface area contributed by atoms with E-state index in [9.17, 15) is 45.5 Å². The van der Waals surface area contributed by atoms with Crippen LogP contribution in [0.1, 0.15) is 73.4 Å². The van der Waals surface area contributed by atoms with Crippen LogP contribution >= 0.6 is 0 Å². The summed E-state index contributed by atoms with van der Waals surface area (Å²) in [4.78, 5) is 58.0. The van der Waals surface area contributed by atoms with Crippen molar-refractivity contribution < 1.29 is 55.0 Å². The van der Waals surface area contributed by atoms with Crippen molar-refractivity contribution in [3.63, 3.8) is 0 Å². The van der Waals surface area contributed by atoms with Gasteiger partial charge in [-0.05, 0) is 63.1 Å². The van der Waals surface area contributed by atoms with Crippen LogP contribution in [0.15, 0.2) is 41.8 Å². The molecule has 8 rings (SSSR count). The fraction of sp³-hybridized carbons (Fsp3) is 0.641. The molecule has 3 atom stereocenters. The molecule has 1 spiro atoms. The maximum atomic E-state index is 14.5. The van der Waals surface area contributed by atoms with Gasteiger partial charge in [-0.3, -0.25) is 23.9 Å². The van der Waals surface area contributed by atoms with Gasteiger partial charge in [0.05, 0.1) is 55.2 Å². The Morgan fingerprint density at radius 2 is 1.69 bits per heavy atom. The predicted octanol–water partition coefficient (Wildman–Crippen LogP) is 2.28. The van der Waals surface area contributed by atoms with Crippen molar-refractivity contribution >= 4 is 29.5 Å². The maximum absolute atomic E-state index is 14.5. The molecule has 1 aromatic carbocycles. The van der Waals surface area contributed by atoms with E-state index in [1.807, 2.05) is 0 Å². The number of hydrogen-bond acceptors (Lipinski definition) is 10. The number of alkyl halides is 6. The largest absolute Gasteiger partial charge is 0.416 e. The number of hydrazone groups is 1. The Morgan fingerprint density at radius 3 is 2.26 bits per heavy atom. The molecular formula is C39H50F6N10O6. The Morgan fingerprint density at radius 1 is 1.02 bits per heavy atom. The monoisotopic (exact) mass is 868 g/mol. The van der Waals surface area contributed by atoms with Crippen molar-refractivity contribution in [2.75, 3.05) is 45.9 Å². The van der Waals surface area contributed by atoms with Crippen LogP contribution in [0.25, 0.3) is 0 Å². The van der Waals surface area contributed by atoms with Crippen molar-refractivity contribution in [1.29, 1.82) is 0 Å². The van der Waals surface area contributed by atoms with Crippen LogP contribution < -0.4 is 27.7 Å². The van der Waals surface area contributed by atoms with E-state index in [0.717, 1.165) is 42.7 Å². The van der Waals surface area contributed by atoms with Crippen LogP contribution in [0.5, 0.6) is 0 Å². The smallest absolute Gasteiger partial charge is 0.378 e. The highest BCUT2D eigenvalue weighted by molar-refractivity contribution is 5.96. The summed E-state index contributed by atoms with van der Waals surface area (Å²) < 4.78 is 94.8. The highest BCUT2D eigenvalue weighted by Gasteiger charge is 2.71. The average molecular weight is 869 g/mol. The number of amides is 4. The average Bonchev–Trinajstić information content (AvgIpc) is 3.77. The summed E-state index contributed by atoms with van der Waals surface area (Å²) in [7, 11) is 0. The van der Waals surface area contributed by atoms with Crippen LogP contribution in [0.4, 0.5) is 26.3 Å². The highest BCUT2D eigenvalue weighted by atomic mass is 19.4. The second-order valence-electron chi connectivity index (χ2n) is 17.2. The third-order valence-electron chi connectivity index (χ3n) is 13.1. The van der Waals surface area contributed by atoms with Crippen molar-refractivity contribution in [3.8, 4) is 0 Å². The lowest BCUT2D eigenvalue weighted by molar-refractivity contribution is -0.205. The van der Waals surface area contributed by atoms with Gasteiger partial charge in [-0.25, -0.2) is 5.84 Å². The second kappa shape index (κ2) is 16.7. The van der Waals surface area contributed by atoms with Crippen molar-refractivity contribution in [2.24, 2.45) is 38.9 Å². The summed E-state index contributed by atoms with van der Waals surface area (Å²) in [6.45, 7) is 1.70. The number of ether oxygens (including phenoxy) is 2. The molecule has 2 aliphatic carbocycles. The van der Waals surface area contributed by atoms with Gasteiger partial charge in [0.2, 0.25) is 17.7 Å². The van der Waals surface area contributed by atoms with Crippen molar-refractivity contribution in [1.82, 2.24) is 35.6 Å². The number of nitrogens with zero attached hydrogens (tertiary/aromatic N) is 5. The fourth-order valence-electron chi connectivity index (χ4n) is 9.08. The number of hydrazine groups is 1. The quantitative estimate of drug-likeness (QED) is 0.0615. The topological polar surface area (TPSA) is 212 Å². The molecule has 2 aromatic rings. The normalized spacial score (nSPS) is 25.1. The van der Waals surface area contributed by atoms with Gasteiger partial charge in [0.25, 0.3) is 5.91 Å². The highest BCUT2D eigenvalue weighted by Crippen LogP contribution is 2.60. The van der Waals surface area contributed by atoms with Gasteiger partial charge in [0.1, 0.15) is 17.3 Å². The number of carbonyl (C=O) groups is 4. The Hall–Kier alpha value is -4.96. The summed E-state index contributed by atoms with van der Waals surface area (Å²) in [6.07, 6.45) is -4.25. The van der Waals surface area contributed by atoms with E-state index in [1.54, 1.807) is 6.92 Å². The zero-order valence-corrected chi connectivity index (χ0v) is 33.5. The molecule has 2 unspecified atom stereocenters. The molecule has 4 saturated heterocycles. The molecule has 5 heterocycles. The fourth-order valence-corrected chi connectivity index (χ4v) is 9.08. The van der Waals surface area contributed by atoms with Gasteiger partial charge in [0, 0.05) is 56.2 Å². The van der Waals surface area contributed by atoms with Gasteiger partial charge < -0.3 is 41.2 Å². The first kappa shape index (κ1) is 44.1. The van der Waals surface area contributed by atoms with E-state index in [2.05, 4.69) is 26.3 Å². The molecule has 1 aromatic heterocycles. The van der Waals surface area contributed by atoms with E-state index >= 15 is 0 Å². The first-order chi connectivity index (χ1) is 28.8. The Labute approximate surface area is 347 Å². The molecule has 2 bridgehead atoms.